The van der Waals surface area contributed by atoms with Crippen molar-refractivity contribution < 1.29 is 55.1 Å². The summed E-state index contributed by atoms with van der Waals surface area (Å²) in [5.74, 6) is -13.6. The Hall–Kier alpha value is -7.37. The molecule has 28 heteroatoms. The van der Waals surface area contributed by atoms with Crippen LogP contribution in [0.2, 0.25) is 10.0 Å². The second-order valence-corrected chi connectivity index (χ2v) is 17.4. The van der Waals surface area contributed by atoms with Crippen molar-refractivity contribution >= 4 is 91.4 Å². The van der Waals surface area contributed by atoms with Gasteiger partial charge in [0, 0.05) is 63.5 Å². The lowest BCUT2D eigenvalue weighted by atomic mass is 9.71. The van der Waals surface area contributed by atoms with Crippen molar-refractivity contribution in [3.8, 4) is 0 Å². The molecule has 2 saturated carbocycles. The van der Waals surface area contributed by atoms with Gasteiger partial charge in [0.2, 0.25) is 11.5 Å². The Morgan fingerprint density at radius 2 is 1.10 bits per heavy atom. The van der Waals surface area contributed by atoms with Gasteiger partial charge >= 0.3 is 0 Å². The molecule has 2 fully saturated rings. The molecule has 0 spiro atoms. The number of amides is 4. The second kappa shape index (κ2) is 18.6. The van der Waals surface area contributed by atoms with Crippen molar-refractivity contribution in [2.24, 2.45) is 14.1 Å². The summed E-state index contributed by atoms with van der Waals surface area (Å²) >= 11 is 14.6. The highest BCUT2D eigenvalue weighted by atomic mass is 79.9. The molecule has 0 radical (unpaired) electrons. The van der Waals surface area contributed by atoms with E-state index in [-0.39, 0.29) is 54.2 Å². The fourth-order valence-electron chi connectivity index (χ4n) is 7.69. The normalized spacial score (nSPS) is 15.7. The number of H-pyrrole nitrogens is 2. The molecule has 0 aliphatic heterocycles. The molecule has 358 valence electrons. The van der Waals surface area contributed by atoms with Gasteiger partial charge in [-0.1, -0.05) is 23.2 Å². The van der Waals surface area contributed by atoms with E-state index in [1.807, 2.05) is 0 Å². The maximum Gasteiger partial charge on any atom is 0.293 e. The Morgan fingerprint density at radius 1 is 0.696 bits per heavy atom. The van der Waals surface area contributed by atoms with Gasteiger partial charge in [-0.25, -0.2) is 31.2 Å². The Balaban J connectivity index is 0.000000204. The number of aryl methyl sites for hydroxylation is 2. The number of nitrogens with zero attached hydrogens (tertiary/aromatic N) is 7. The molecule has 0 saturated heterocycles. The van der Waals surface area contributed by atoms with Crippen molar-refractivity contribution in [2.45, 2.75) is 48.6 Å². The van der Waals surface area contributed by atoms with E-state index in [0.29, 0.717) is 0 Å². The summed E-state index contributed by atoms with van der Waals surface area (Å²) in [6.45, 7) is 7.46. The monoisotopic (exact) mass is 1060 g/mol. The maximum atomic E-state index is 13.7. The standard InChI is InChI=1S/C21H15ClF3N7O3.C20H15BrClF3N6O3/c1-26-15-11(7-32(2)16(15)18(34)28-10-3-4-13(23)12(22)5-10)17(33)19(35)29-20(8-21(24,25)9-20)14-6-27-31-30-14;1-31-6-10(14(21)15(31)17(33)27-9-2-3-12(23)11(22)4-9)16(32)18(34)28-19(7-20(24,25)8-19)13-5-26-30-29-13/h3-7H,8-9H2,2H3,(H,28,34)(H,29,35)(H,27,30,31);2-6H,7-8H2,1H3,(H,27,33)(H,28,34)(H,26,29,30). The van der Waals surface area contributed by atoms with E-state index in [0.717, 1.165) is 30.6 Å². The number of carbonyl (C=O) groups excluding carboxylic acids is 6. The fourth-order valence-corrected chi connectivity index (χ4v) is 8.79. The fraction of sp³-hybridized carbons (Fsp3) is 0.244. The number of Topliss-reactive ketones (excluding diaryl/α,β-unsaturated/α-hetero) is 2. The van der Waals surface area contributed by atoms with Gasteiger partial charge in [-0.2, -0.15) is 30.8 Å². The van der Waals surface area contributed by atoms with Crippen LogP contribution in [-0.2, 0) is 34.8 Å². The summed E-state index contributed by atoms with van der Waals surface area (Å²) in [7, 11) is 2.84. The molecule has 6 aromatic rings. The first-order valence-corrected chi connectivity index (χ1v) is 21.1. The summed E-state index contributed by atoms with van der Waals surface area (Å²) in [4.78, 5) is 80.0. The highest BCUT2D eigenvalue weighted by Crippen LogP contribution is 2.52. The van der Waals surface area contributed by atoms with Crippen molar-refractivity contribution in [1.82, 2.24) is 50.6 Å². The van der Waals surface area contributed by atoms with E-state index in [2.05, 4.69) is 72.9 Å². The van der Waals surface area contributed by atoms with Crippen LogP contribution in [0.15, 0.2) is 65.7 Å². The minimum Gasteiger partial charge on any atom is -0.356 e. The first-order chi connectivity index (χ1) is 32.4. The summed E-state index contributed by atoms with van der Waals surface area (Å²) in [6.07, 6.45) is 1.66. The molecule has 69 heavy (non-hydrogen) atoms. The Labute approximate surface area is 401 Å². The van der Waals surface area contributed by atoms with Crippen LogP contribution in [-0.4, -0.2) is 87.0 Å². The molecule has 2 aliphatic carbocycles. The predicted molar refractivity (Wildman–Crippen MR) is 233 cm³/mol. The zero-order chi connectivity index (χ0) is 50.4. The average Bonchev–Trinajstić information content (AvgIpc) is 4.09. The van der Waals surface area contributed by atoms with Gasteiger partial charge in [0.05, 0.1) is 55.7 Å². The third kappa shape index (κ3) is 9.96. The lowest BCUT2D eigenvalue weighted by molar-refractivity contribution is -0.149. The molecule has 0 bridgehead atoms. The molecule has 6 N–H and O–H groups in total. The van der Waals surface area contributed by atoms with Crippen LogP contribution in [0.3, 0.4) is 0 Å². The van der Waals surface area contributed by atoms with Crippen molar-refractivity contribution in [1.29, 1.82) is 0 Å². The van der Waals surface area contributed by atoms with Gasteiger partial charge < -0.3 is 30.4 Å². The number of hydrogen-bond acceptors (Lipinski definition) is 10. The Bertz CT molecular complexity index is 3100. The molecule has 4 heterocycles. The molecule has 4 amide bonds. The summed E-state index contributed by atoms with van der Waals surface area (Å²) in [5, 5.41) is 28.4. The van der Waals surface area contributed by atoms with E-state index in [4.69, 9.17) is 29.8 Å². The number of hydrogen-bond donors (Lipinski definition) is 6. The quantitative estimate of drug-likeness (QED) is 0.0319. The van der Waals surface area contributed by atoms with E-state index in [9.17, 15) is 55.1 Å². The molecule has 0 unspecified atom stereocenters. The smallest absolute Gasteiger partial charge is 0.293 e. The van der Waals surface area contributed by atoms with Crippen LogP contribution >= 0.6 is 39.1 Å². The molecular formula is C41H30BrCl2F6N13O6. The van der Waals surface area contributed by atoms with Gasteiger partial charge in [-0.3, -0.25) is 28.8 Å². The molecule has 19 nitrogen and oxygen atoms in total. The average molecular weight is 1070 g/mol. The largest absolute Gasteiger partial charge is 0.356 e. The molecule has 8 rings (SSSR count). The van der Waals surface area contributed by atoms with E-state index in [1.165, 1.54) is 53.8 Å². The lowest BCUT2D eigenvalue weighted by Crippen LogP contribution is -2.61. The second-order valence-electron chi connectivity index (χ2n) is 15.8. The number of carbonyl (C=O) groups is 6. The van der Waals surface area contributed by atoms with Crippen molar-refractivity contribution in [3.63, 3.8) is 0 Å². The lowest BCUT2D eigenvalue weighted by Gasteiger charge is -2.46. The van der Waals surface area contributed by atoms with E-state index < -0.39 is 107 Å². The van der Waals surface area contributed by atoms with Crippen LogP contribution < -0.4 is 21.3 Å². The number of anilines is 2. The molecule has 2 aromatic carbocycles. The van der Waals surface area contributed by atoms with Gasteiger partial charge in [-0.05, 0) is 52.3 Å². The molecular weight excluding hydrogens is 1040 g/mol. The summed E-state index contributed by atoms with van der Waals surface area (Å²) in [5.41, 5.74) is -3.98. The van der Waals surface area contributed by atoms with Crippen LogP contribution in [0, 0.1) is 18.2 Å². The van der Waals surface area contributed by atoms with Crippen LogP contribution in [0.1, 0.15) is 78.8 Å². The van der Waals surface area contributed by atoms with Crippen molar-refractivity contribution in [2.75, 3.05) is 10.6 Å². The Morgan fingerprint density at radius 3 is 1.49 bits per heavy atom. The first kappa shape index (κ1) is 49.5. The first-order valence-electron chi connectivity index (χ1n) is 19.5. The van der Waals surface area contributed by atoms with Crippen LogP contribution in [0.25, 0.3) is 4.85 Å². The third-order valence-electron chi connectivity index (χ3n) is 10.8. The zero-order valence-electron chi connectivity index (χ0n) is 35.1. The van der Waals surface area contributed by atoms with Gasteiger partial charge in [0.15, 0.2) is 0 Å². The minimum absolute atomic E-state index is 0.00952. The number of ketones is 2. The zero-order valence-corrected chi connectivity index (χ0v) is 38.2. The predicted octanol–water partition coefficient (Wildman–Crippen LogP) is 6.94. The van der Waals surface area contributed by atoms with E-state index >= 15 is 0 Å². The Kier molecular flexibility index (Phi) is 13.4. The molecule has 2 aliphatic rings. The number of aromatic amines is 2. The number of nitrogens with one attached hydrogen (secondary N) is 6. The van der Waals surface area contributed by atoms with Gasteiger partial charge in [0.1, 0.15) is 34.4 Å². The highest BCUT2D eigenvalue weighted by molar-refractivity contribution is 9.10. The van der Waals surface area contributed by atoms with Gasteiger partial charge in [-0.15, -0.1) is 0 Å². The van der Waals surface area contributed by atoms with Crippen molar-refractivity contribution in [3.05, 3.63) is 133 Å². The number of rotatable bonds is 12. The van der Waals surface area contributed by atoms with E-state index in [1.54, 1.807) is 0 Å². The summed E-state index contributed by atoms with van der Waals surface area (Å²) in [6, 6.07) is 7.03. The summed E-state index contributed by atoms with van der Waals surface area (Å²) < 4.78 is 83.9. The molecule has 0 atom stereocenters. The van der Waals surface area contributed by atoms with Gasteiger partial charge in [0.25, 0.3) is 41.3 Å². The topological polar surface area (TPSA) is 248 Å². The van der Waals surface area contributed by atoms with Crippen LogP contribution in [0.4, 0.5) is 43.4 Å². The number of alkyl halides is 4. The maximum absolute atomic E-state index is 13.7. The minimum atomic E-state index is -3.07. The molecule has 4 aromatic heterocycles. The third-order valence-corrected chi connectivity index (χ3v) is 12.2. The number of benzene rings is 2. The highest BCUT2D eigenvalue weighted by Gasteiger charge is 2.61. The number of halogens is 9. The van der Waals surface area contributed by atoms with Crippen LogP contribution in [0.5, 0.6) is 0 Å². The SMILES string of the molecule is Cn1cc(C(=O)C(=O)NC2(c3cn[nH]n3)CC(F)(F)C2)c(Br)c1C(=O)Nc1ccc(F)c(Cl)c1.[C-]#[N+]c1c(C(=O)C(=O)NC2(c3cn[nH]n3)CC(F)(F)C2)cn(C)c1C(=O)Nc1ccc(F)c(Cl)c1. The number of aromatic nitrogens is 8.